The van der Waals surface area contributed by atoms with Gasteiger partial charge in [0.2, 0.25) is 0 Å². The van der Waals surface area contributed by atoms with Crippen molar-refractivity contribution in [3.63, 3.8) is 0 Å². The lowest BCUT2D eigenvalue weighted by Gasteiger charge is -2.55. The summed E-state index contributed by atoms with van der Waals surface area (Å²) in [6, 6.07) is 1.86. The van der Waals surface area contributed by atoms with Crippen LogP contribution in [0.5, 0.6) is 0 Å². The molecule has 0 aromatic carbocycles. The van der Waals surface area contributed by atoms with Gasteiger partial charge in [-0.2, -0.15) is 0 Å². The van der Waals surface area contributed by atoms with Crippen LogP contribution in [0.25, 0.3) is 0 Å². The van der Waals surface area contributed by atoms with E-state index < -0.39 is 0 Å². The molecule has 18 heavy (non-hydrogen) atoms. The van der Waals surface area contributed by atoms with Crippen LogP contribution in [0.1, 0.15) is 57.8 Å². The maximum absolute atomic E-state index is 4.19. The summed E-state index contributed by atoms with van der Waals surface area (Å²) in [7, 11) is 0. The SMILES string of the molecule is C1CC2CC1CC2NC1C2CC3CC(C2)CC1C3. The largest absolute Gasteiger partial charge is 0.310 e. The molecular weight excluding hydrogens is 218 g/mol. The first-order chi connectivity index (χ1) is 8.85. The van der Waals surface area contributed by atoms with Gasteiger partial charge in [-0.05, 0) is 86.9 Å². The fraction of sp³-hybridized carbons (Fsp3) is 1.00. The number of hydrogen-bond donors (Lipinski definition) is 1. The van der Waals surface area contributed by atoms with Gasteiger partial charge in [0, 0.05) is 12.1 Å². The molecule has 0 radical (unpaired) electrons. The molecule has 6 aliphatic rings. The molecule has 0 amide bonds. The van der Waals surface area contributed by atoms with Gasteiger partial charge in [0.05, 0.1) is 0 Å². The third-order valence-corrected chi connectivity index (χ3v) is 7.37. The number of rotatable bonds is 2. The molecule has 0 heterocycles. The first-order valence-corrected chi connectivity index (χ1v) is 8.61. The van der Waals surface area contributed by atoms with Gasteiger partial charge in [-0.3, -0.25) is 0 Å². The first-order valence-electron chi connectivity index (χ1n) is 8.61. The molecule has 6 fully saturated rings. The molecule has 6 aliphatic carbocycles. The van der Waals surface area contributed by atoms with E-state index in [0.29, 0.717) is 0 Å². The molecular formula is C17H27N. The van der Waals surface area contributed by atoms with Gasteiger partial charge in [0.25, 0.3) is 0 Å². The van der Waals surface area contributed by atoms with E-state index in [1.54, 1.807) is 44.9 Å². The van der Waals surface area contributed by atoms with E-state index in [1.807, 2.05) is 0 Å². The second kappa shape index (κ2) is 3.75. The third-order valence-electron chi connectivity index (χ3n) is 7.37. The van der Waals surface area contributed by atoms with Crippen molar-refractivity contribution in [3.8, 4) is 0 Å². The quantitative estimate of drug-likeness (QED) is 0.784. The van der Waals surface area contributed by atoms with Crippen LogP contribution in [0.15, 0.2) is 0 Å². The molecule has 6 bridgehead atoms. The van der Waals surface area contributed by atoms with E-state index in [-0.39, 0.29) is 0 Å². The van der Waals surface area contributed by atoms with E-state index in [4.69, 9.17) is 0 Å². The summed E-state index contributed by atoms with van der Waals surface area (Å²) in [4.78, 5) is 0. The minimum atomic E-state index is 0.922. The normalized spacial score (nSPS) is 60.7. The lowest BCUT2D eigenvalue weighted by atomic mass is 9.54. The minimum absolute atomic E-state index is 0.922. The van der Waals surface area contributed by atoms with E-state index in [0.717, 1.165) is 47.6 Å². The van der Waals surface area contributed by atoms with Gasteiger partial charge in [-0.1, -0.05) is 6.42 Å². The van der Waals surface area contributed by atoms with Gasteiger partial charge in [-0.25, -0.2) is 0 Å². The summed E-state index contributed by atoms with van der Waals surface area (Å²) < 4.78 is 0. The highest BCUT2D eigenvalue weighted by Crippen LogP contribution is 2.54. The van der Waals surface area contributed by atoms with Gasteiger partial charge in [0.15, 0.2) is 0 Å². The predicted molar refractivity (Wildman–Crippen MR) is 73.2 cm³/mol. The molecule has 1 nitrogen and oxygen atoms in total. The van der Waals surface area contributed by atoms with Crippen molar-refractivity contribution in [2.75, 3.05) is 0 Å². The molecule has 1 heteroatoms. The monoisotopic (exact) mass is 245 g/mol. The molecule has 6 rings (SSSR count). The predicted octanol–water partition coefficient (Wildman–Crippen LogP) is 3.59. The second-order valence-corrected chi connectivity index (χ2v) is 8.40. The Balaban J connectivity index is 1.32. The van der Waals surface area contributed by atoms with Crippen molar-refractivity contribution < 1.29 is 0 Å². The summed E-state index contributed by atoms with van der Waals surface area (Å²) in [6.45, 7) is 0. The van der Waals surface area contributed by atoms with Gasteiger partial charge >= 0.3 is 0 Å². The molecule has 3 atom stereocenters. The summed E-state index contributed by atoms with van der Waals surface area (Å²) in [5.41, 5.74) is 0. The van der Waals surface area contributed by atoms with E-state index in [9.17, 15) is 0 Å². The Hall–Kier alpha value is -0.0400. The smallest absolute Gasteiger partial charge is 0.0127 e. The van der Waals surface area contributed by atoms with E-state index in [1.165, 1.54) is 12.8 Å². The lowest BCUT2D eigenvalue weighted by molar-refractivity contribution is -0.0200. The highest BCUT2D eigenvalue weighted by Gasteiger charge is 2.50. The zero-order valence-corrected chi connectivity index (χ0v) is 11.5. The molecule has 0 aliphatic heterocycles. The highest BCUT2D eigenvalue weighted by molar-refractivity contribution is 5.04. The summed E-state index contributed by atoms with van der Waals surface area (Å²) in [5.74, 6) is 6.56. The van der Waals surface area contributed by atoms with Gasteiger partial charge in [0.1, 0.15) is 0 Å². The average Bonchev–Trinajstić information content (AvgIpc) is 2.95. The van der Waals surface area contributed by atoms with Crippen LogP contribution in [-0.4, -0.2) is 12.1 Å². The molecule has 1 N–H and O–H groups in total. The van der Waals surface area contributed by atoms with Crippen LogP contribution in [0.3, 0.4) is 0 Å². The van der Waals surface area contributed by atoms with Crippen molar-refractivity contribution in [2.45, 2.75) is 69.9 Å². The van der Waals surface area contributed by atoms with Crippen molar-refractivity contribution in [1.82, 2.24) is 5.32 Å². The first kappa shape index (κ1) is 10.7. The Kier molecular flexibility index (Phi) is 2.23. The Labute approximate surface area is 111 Å². The van der Waals surface area contributed by atoms with Crippen LogP contribution < -0.4 is 5.32 Å². The van der Waals surface area contributed by atoms with Gasteiger partial charge in [-0.15, -0.1) is 0 Å². The van der Waals surface area contributed by atoms with Crippen LogP contribution in [0.4, 0.5) is 0 Å². The van der Waals surface area contributed by atoms with Crippen LogP contribution in [0, 0.1) is 35.5 Å². The maximum atomic E-state index is 4.19. The second-order valence-electron chi connectivity index (χ2n) is 8.40. The molecule has 0 saturated heterocycles. The number of nitrogens with one attached hydrogen (secondary N) is 1. The molecule has 6 saturated carbocycles. The highest BCUT2D eigenvalue weighted by atomic mass is 15.0. The van der Waals surface area contributed by atoms with Crippen LogP contribution in [-0.2, 0) is 0 Å². The van der Waals surface area contributed by atoms with Crippen molar-refractivity contribution in [3.05, 3.63) is 0 Å². The molecule has 0 spiro atoms. The van der Waals surface area contributed by atoms with E-state index in [2.05, 4.69) is 5.32 Å². The average molecular weight is 245 g/mol. The van der Waals surface area contributed by atoms with Crippen molar-refractivity contribution in [1.29, 1.82) is 0 Å². The minimum Gasteiger partial charge on any atom is -0.310 e. The molecule has 3 unspecified atom stereocenters. The Morgan fingerprint density at radius 1 is 0.556 bits per heavy atom. The molecule has 0 aromatic rings. The lowest BCUT2D eigenvalue weighted by Crippen LogP contribution is -2.57. The Morgan fingerprint density at radius 3 is 1.78 bits per heavy atom. The zero-order valence-electron chi connectivity index (χ0n) is 11.5. The van der Waals surface area contributed by atoms with Crippen LogP contribution in [0.2, 0.25) is 0 Å². The topological polar surface area (TPSA) is 12.0 Å². The summed E-state index contributed by atoms with van der Waals surface area (Å²) in [5, 5.41) is 4.19. The Bertz CT molecular complexity index is 322. The van der Waals surface area contributed by atoms with Crippen LogP contribution >= 0.6 is 0 Å². The summed E-state index contributed by atoms with van der Waals surface area (Å²) in [6.07, 6.45) is 14.1. The molecule has 0 aromatic heterocycles. The third kappa shape index (κ3) is 1.49. The van der Waals surface area contributed by atoms with Crippen molar-refractivity contribution >= 4 is 0 Å². The number of hydrogen-bond acceptors (Lipinski definition) is 1. The maximum Gasteiger partial charge on any atom is 0.0127 e. The fourth-order valence-corrected chi connectivity index (χ4v) is 6.89. The molecule has 100 valence electrons. The van der Waals surface area contributed by atoms with Crippen molar-refractivity contribution in [2.24, 2.45) is 35.5 Å². The fourth-order valence-electron chi connectivity index (χ4n) is 6.89. The Morgan fingerprint density at radius 2 is 1.22 bits per heavy atom. The van der Waals surface area contributed by atoms with E-state index >= 15 is 0 Å². The standard InChI is InChI=1S/C17H27N/c1-2-13-4-10(1)9-16(13)18-17-14-5-11-3-12(7-14)8-15(17)6-11/h10-18H,1-9H2. The summed E-state index contributed by atoms with van der Waals surface area (Å²) >= 11 is 0. The number of fused-ring (bicyclic) bond motifs is 2. The zero-order chi connectivity index (χ0) is 11.7. The van der Waals surface area contributed by atoms with Gasteiger partial charge < -0.3 is 5.32 Å².